The molecule has 134 valence electrons. The molecule has 0 fully saturated rings. The Morgan fingerprint density at radius 1 is 1.27 bits per heavy atom. The van der Waals surface area contributed by atoms with Gasteiger partial charge in [-0.3, -0.25) is 4.79 Å². The summed E-state index contributed by atoms with van der Waals surface area (Å²) in [5.41, 5.74) is 1.88. The van der Waals surface area contributed by atoms with E-state index in [1.165, 1.54) is 12.4 Å². The molecule has 0 aliphatic heterocycles. The molecule has 0 aliphatic carbocycles. The Morgan fingerprint density at radius 3 is 2.85 bits per heavy atom. The molecule has 0 spiro atoms. The van der Waals surface area contributed by atoms with Crippen LogP contribution >= 0.6 is 11.6 Å². The monoisotopic (exact) mass is 373 g/mol. The van der Waals surface area contributed by atoms with Crippen molar-refractivity contribution in [1.82, 2.24) is 14.9 Å². The second-order valence-electron chi connectivity index (χ2n) is 5.62. The predicted octanol–water partition coefficient (Wildman–Crippen LogP) is 3.50. The second-order valence-corrected chi connectivity index (χ2v) is 6.02. The van der Waals surface area contributed by atoms with Crippen molar-refractivity contribution >= 4 is 17.5 Å². The van der Waals surface area contributed by atoms with Gasteiger partial charge in [-0.15, -0.1) is 0 Å². The first-order chi connectivity index (χ1) is 12.6. The summed E-state index contributed by atoms with van der Waals surface area (Å²) in [6.45, 7) is 0.373. The fraction of sp³-hybridized carbons (Fsp3) is 0.158. The fourth-order valence-corrected chi connectivity index (χ4v) is 2.58. The Labute approximate surface area is 155 Å². The number of carbonyl (C=O) groups is 1. The minimum atomic E-state index is -0.385. The van der Waals surface area contributed by atoms with Crippen molar-refractivity contribution in [3.63, 3.8) is 0 Å². The lowest BCUT2D eigenvalue weighted by atomic mass is 10.2. The molecular formula is C19H17ClFN3O2. The lowest BCUT2D eigenvalue weighted by Gasteiger charge is -2.09. The molecule has 2 aromatic carbocycles. The summed E-state index contributed by atoms with van der Waals surface area (Å²) in [4.78, 5) is 15.7. The Kier molecular flexibility index (Phi) is 5.99. The standard InChI is InChI=1S/C19H17ClFN3O2/c20-16-4-2-1-3-15(16)11-26-12-19(25)23-10-14-5-6-18(17(21)9-14)24-8-7-22-13-24/h1-9,13H,10-12H2,(H,23,25). The number of ether oxygens (including phenoxy) is 1. The summed E-state index contributed by atoms with van der Waals surface area (Å²) in [5, 5.41) is 3.30. The van der Waals surface area contributed by atoms with Crippen LogP contribution in [0, 0.1) is 5.82 Å². The highest BCUT2D eigenvalue weighted by atomic mass is 35.5. The molecule has 1 N–H and O–H groups in total. The van der Waals surface area contributed by atoms with Crippen LogP contribution in [0.1, 0.15) is 11.1 Å². The van der Waals surface area contributed by atoms with Crippen LogP contribution in [0.25, 0.3) is 5.69 Å². The van der Waals surface area contributed by atoms with E-state index in [4.69, 9.17) is 16.3 Å². The maximum absolute atomic E-state index is 14.2. The molecule has 5 nitrogen and oxygen atoms in total. The molecule has 0 saturated carbocycles. The van der Waals surface area contributed by atoms with Crippen molar-refractivity contribution in [3.05, 3.63) is 83.2 Å². The highest BCUT2D eigenvalue weighted by Crippen LogP contribution is 2.16. The van der Waals surface area contributed by atoms with Gasteiger partial charge < -0.3 is 14.6 Å². The van der Waals surface area contributed by atoms with Gasteiger partial charge in [-0.1, -0.05) is 35.9 Å². The van der Waals surface area contributed by atoms with Gasteiger partial charge in [0.05, 0.1) is 18.6 Å². The van der Waals surface area contributed by atoms with Gasteiger partial charge in [0.2, 0.25) is 5.91 Å². The molecule has 0 atom stereocenters. The van der Waals surface area contributed by atoms with Crippen LogP contribution in [0.3, 0.4) is 0 Å². The van der Waals surface area contributed by atoms with Crippen LogP contribution in [0.15, 0.2) is 61.2 Å². The zero-order valence-electron chi connectivity index (χ0n) is 13.9. The third-order valence-electron chi connectivity index (χ3n) is 3.73. The molecule has 3 aromatic rings. The lowest BCUT2D eigenvalue weighted by molar-refractivity contribution is -0.126. The predicted molar refractivity (Wildman–Crippen MR) is 96.5 cm³/mol. The first kappa shape index (κ1) is 18.1. The molecule has 1 amide bonds. The van der Waals surface area contributed by atoms with Gasteiger partial charge >= 0.3 is 0 Å². The number of benzene rings is 2. The number of nitrogens with zero attached hydrogens (tertiary/aromatic N) is 2. The summed E-state index contributed by atoms with van der Waals surface area (Å²) in [5.74, 6) is -0.666. The zero-order chi connectivity index (χ0) is 18.4. The largest absolute Gasteiger partial charge is 0.367 e. The van der Waals surface area contributed by atoms with Crippen molar-refractivity contribution < 1.29 is 13.9 Å². The summed E-state index contributed by atoms with van der Waals surface area (Å²) in [7, 11) is 0. The van der Waals surface area contributed by atoms with Gasteiger partial charge in [-0.2, -0.15) is 0 Å². The van der Waals surface area contributed by atoms with Crippen LogP contribution in [0.5, 0.6) is 0 Å². The third kappa shape index (κ3) is 4.68. The van der Waals surface area contributed by atoms with Crippen LogP contribution in [-0.4, -0.2) is 22.1 Å². The van der Waals surface area contributed by atoms with Crippen molar-refractivity contribution in [2.45, 2.75) is 13.2 Å². The highest BCUT2D eigenvalue weighted by molar-refractivity contribution is 6.31. The summed E-state index contributed by atoms with van der Waals surface area (Å²) in [6, 6.07) is 12.1. The number of amides is 1. The Hall–Kier alpha value is -2.70. The number of carbonyl (C=O) groups excluding carboxylic acids is 1. The van der Waals surface area contributed by atoms with Gasteiger partial charge in [-0.25, -0.2) is 9.37 Å². The van der Waals surface area contributed by atoms with E-state index in [0.717, 1.165) is 5.56 Å². The smallest absolute Gasteiger partial charge is 0.246 e. The average molecular weight is 374 g/mol. The summed E-state index contributed by atoms with van der Waals surface area (Å²) >= 11 is 6.02. The SMILES string of the molecule is O=C(COCc1ccccc1Cl)NCc1ccc(-n2ccnc2)c(F)c1. The topological polar surface area (TPSA) is 56.1 Å². The number of rotatable bonds is 7. The highest BCUT2D eigenvalue weighted by Gasteiger charge is 2.07. The van der Waals surface area contributed by atoms with Gasteiger partial charge in [0.15, 0.2) is 0 Å². The van der Waals surface area contributed by atoms with E-state index in [1.54, 1.807) is 35.2 Å². The molecule has 0 unspecified atom stereocenters. The second kappa shape index (κ2) is 8.60. The van der Waals surface area contributed by atoms with Crippen molar-refractivity contribution in [2.75, 3.05) is 6.61 Å². The average Bonchev–Trinajstić information content (AvgIpc) is 3.16. The van der Waals surface area contributed by atoms with Gasteiger partial charge in [0.1, 0.15) is 12.4 Å². The zero-order valence-corrected chi connectivity index (χ0v) is 14.6. The number of halogens is 2. The quantitative estimate of drug-likeness (QED) is 0.689. The molecule has 26 heavy (non-hydrogen) atoms. The maximum atomic E-state index is 14.2. The van der Waals surface area contributed by atoms with E-state index < -0.39 is 0 Å². The first-order valence-electron chi connectivity index (χ1n) is 7.98. The van der Waals surface area contributed by atoms with E-state index in [9.17, 15) is 9.18 Å². The molecule has 1 aromatic heterocycles. The first-order valence-corrected chi connectivity index (χ1v) is 8.36. The summed E-state index contributed by atoms with van der Waals surface area (Å²) in [6.07, 6.45) is 4.77. The van der Waals surface area contributed by atoms with Crippen molar-refractivity contribution in [3.8, 4) is 5.69 Å². The molecular weight excluding hydrogens is 357 g/mol. The molecule has 0 radical (unpaired) electrons. The number of imidazole rings is 1. The Bertz CT molecular complexity index is 884. The van der Waals surface area contributed by atoms with Crippen molar-refractivity contribution in [1.29, 1.82) is 0 Å². The van der Waals surface area contributed by atoms with E-state index in [0.29, 0.717) is 16.3 Å². The molecule has 1 heterocycles. The Morgan fingerprint density at radius 2 is 2.12 bits per heavy atom. The van der Waals surface area contributed by atoms with Gasteiger partial charge in [0, 0.05) is 24.0 Å². The van der Waals surface area contributed by atoms with Crippen molar-refractivity contribution in [2.24, 2.45) is 0 Å². The van der Waals surface area contributed by atoms with Crippen LogP contribution in [0.4, 0.5) is 4.39 Å². The van der Waals surface area contributed by atoms with E-state index in [-0.39, 0.29) is 31.5 Å². The third-order valence-corrected chi connectivity index (χ3v) is 4.10. The lowest BCUT2D eigenvalue weighted by Crippen LogP contribution is -2.27. The number of hydrogen-bond donors (Lipinski definition) is 1. The van der Waals surface area contributed by atoms with E-state index >= 15 is 0 Å². The normalized spacial score (nSPS) is 10.7. The Balaban J connectivity index is 1.47. The number of aromatic nitrogens is 2. The van der Waals surface area contributed by atoms with Crippen LogP contribution < -0.4 is 5.32 Å². The van der Waals surface area contributed by atoms with E-state index in [2.05, 4.69) is 10.3 Å². The van der Waals surface area contributed by atoms with Gasteiger partial charge in [-0.05, 0) is 29.3 Å². The minimum Gasteiger partial charge on any atom is -0.367 e. The molecule has 7 heteroatoms. The van der Waals surface area contributed by atoms with Gasteiger partial charge in [0.25, 0.3) is 0 Å². The molecule has 0 saturated heterocycles. The number of hydrogen-bond acceptors (Lipinski definition) is 3. The van der Waals surface area contributed by atoms with E-state index in [1.807, 2.05) is 18.2 Å². The molecule has 3 rings (SSSR count). The minimum absolute atomic E-state index is 0.0964. The molecule has 0 bridgehead atoms. The maximum Gasteiger partial charge on any atom is 0.246 e. The van der Waals surface area contributed by atoms with Crippen LogP contribution in [-0.2, 0) is 22.7 Å². The summed E-state index contributed by atoms with van der Waals surface area (Å²) < 4.78 is 21.1. The number of nitrogens with one attached hydrogen (secondary N) is 1. The van der Waals surface area contributed by atoms with Crippen LogP contribution in [0.2, 0.25) is 5.02 Å². The molecule has 0 aliphatic rings. The fourth-order valence-electron chi connectivity index (χ4n) is 2.39.